The number of carbonyl (C=O) groups excluding carboxylic acids is 1. The molecule has 7 nitrogen and oxygen atoms in total. The van der Waals surface area contributed by atoms with Crippen LogP contribution in [0.4, 0.5) is 5.69 Å². The Kier molecular flexibility index (Phi) is 4.74. The summed E-state index contributed by atoms with van der Waals surface area (Å²) in [6.07, 6.45) is 8.98. The Hall–Kier alpha value is -2.25. The van der Waals surface area contributed by atoms with E-state index in [1.54, 1.807) is 0 Å². The number of carbonyl (C=O) groups is 1. The van der Waals surface area contributed by atoms with Crippen LogP contribution in [0.25, 0.3) is 0 Å². The number of rotatable bonds is 3. The van der Waals surface area contributed by atoms with Crippen LogP contribution in [0.5, 0.6) is 0 Å². The number of hydrogen-bond acceptors (Lipinski definition) is 6. The van der Waals surface area contributed by atoms with E-state index in [-0.39, 0.29) is 17.2 Å². The van der Waals surface area contributed by atoms with Crippen molar-refractivity contribution >= 4 is 11.7 Å². The molecule has 1 saturated heterocycles. The van der Waals surface area contributed by atoms with Gasteiger partial charge < -0.3 is 14.2 Å². The zero-order valence-corrected chi connectivity index (χ0v) is 15.1. The van der Waals surface area contributed by atoms with Gasteiger partial charge in [-0.2, -0.15) is 0 Å². The van der Waals surface area contributed by atoms with Crippen molar-refractivity contribution in [3.05, 3.63) is 52.1 Å². The summed E-state index contributed by atoms with van der Waals surface area (Å²) in [4.78, 5) is 23.0. The lowest BCUT2D eigenvalue weighted by Gasteiger charge is -2.53. The molecular weight excluding hydrogens is 350 g/mol. The van der Waals surface area contributed by atoms with Crippen LogP contribution in [0, 0.1) is 15.5 Å². The minimum atomic E-state index is -0.684. The fraction of sp³-hybridized carbons (Fsp3) is 0.550. The van der Waals surface area contributed by atoms with Gasteiger partial charge in [-0.1, -0.05) is 18.6 Å². The molecule has 1 aromatic carbocycles. The second-order valence-corrected chi connectivity index (χ2v) is 7.42. The van der Waals surface area contributed by atoms with Gasteiger partial charge >= 0.3 is 5.97 Å². The Balaban J connectivity index is 1.58. The molecule has 3 aliphatic rings. The smallest absolute Gasteiger partial charge is 0.338 e. The second kappa shape index (κ2) is 7.05. The number of nitro benzene ring substituents is 1. The predicted octanol–water partition coefficient (Wildman–Crippen LogP) is 3.77. The number of hydrogen-bond donors (Lipinski definition) is 0. The fourth-order valence-electron chi connectivity index (χ4n) is 4.74. The van der Waals surface area contributed by atoms with Crippen molar-refractivity contribution in [2.24, 2.45) is 5.41 Å². The average Bonchev–Trinajstić information content (AvgIpc) is 3.16. The Bertz CT molecular complexity index is 752. The molecule has 0 aromatic heterocycles. The molecule has 27 heavy (non-hydrogen) atoms. The van der Waals surface area contributed by atoms with Gasteiger partial charge in [-0.25, -0.2) is 4.79 Å². The van der Waals surface area contributed by atoms with Gasteiger partial charge in [0.1, 0.15) is 6.10 Å². The molecule has 2 spiro atoms. The average molecular weight is 373 g/mol. The van der Waals surface area contributed by atoms with Crippen molar-refractivity contribution in [2.75, 3.05) is 13.2 Å². The van der Waals surface area contributed by atoms with E-state index < -0.39 is 16.7 Å². The lowest BCUT2D eigenvalue weighted by Crippen LogP contribution is -2.59. The summed E-state index contributed by atoms with van der Waals surface area (Å²) in [5.41, 5.74) is -0.126. The number of fused-ring (bicyclic) bond motifs is 1. The summed E-state index contributed by atoms with van der Waals surface area (Å²) < 4.78 is 18.2. The van der Waals surface area contributed by atoms with Gasteiger partial charge in [0, 0.05) is 25.0 Å². The van der Waals surface area contributed by atoms with Gasteiger partial charge in [-0.3, -0.25) is 10.1 Å². The molecule has 0 N–H and O–H groups in total. The van der Waals surface area contributed by atoms with E-state index in [0.717, 1.165) is 32.1 Å². The van der Waals surface area contributed by atoms with E-state index in [2.05, 4.69) is 6.08 Å². The van der Waals surface area contributed by atoms with E-state index in [4.69, 9.17) is 14.2 Å². The molecule has 4 rings (SSSR count). The maximum absolute atomic E-state index is 12.7. The van der Waals surface area contributed by atoms with Crippen LogP contribution in [-0.4, -0.2) is 36.0 Å². The molecule has 2 fully saturated rings. The minimum Gasteiger partial charge on any atom is -0.458 e. The van der Waals surface area contributed by atoms with Crippen molar-refractivity contribution in [3.63, 3.8) is 0 Å². The lowest BCUT2D eigenvalue weighted by molar-refractivity contribution is -0.384. The van der Waals surface area contributed by atoms with E-state index in [1.165, 1.54) is 24.3 Å². The first-order valence-corrected chi connectivity index (χ1v) is 9.45. The summed E-state index contributed by atoms with van der Waals surface area (Å²) in [5, 5.41) is 10.8. The molecule has 0 radical (unpaired) electrons. The normalized spacial score (nSPS) is 29.1. The van der Waals surface area contributed by atoms with Crippen LogP contribution in [0.1, 0.15) is 48.9 Å². The minimum absolute atomic E-state index is 0.0531. The van der Waals surface area contributed by atoms with Crippen LogP contribution in [0.2, 0.25) is 0 Å². The number of allylic oxidation sites excluding steroid dienone is 1. The third-order valence-electron chi connectivity index (χ3n) is 6.07. The first kappa shape index (κ1) is 18.1. The van der Waals surface area contributed by atoms with E-state index >= 15 is 0 Å². The number of benzene rings is 1. The van der Waals surface area contributed by atoms with Crippen LogP contribution < -0.4 is 0 Å². The van der Waals surface area contributed by atoms with Gasteiger partial charge in [0.25, 0.3) is 5.69 Å². The molecule has 2 aliphatic carbocycles. The van der Waals surface area contributed by atoms with Gasteiger partial charge in [0.05, 0.1) is 29.1 Å². The Morgan fingerprint density at radius 3 is 2.52 bits per heavy atom. The van der Waals surface area contributed by atoms with Crippen LogP contribution in [-0.2, 0) is 14.2 Å². The molecule has 0 amide bonds. The largest absolute Gasteiger partial charge is 0.458 e. The molecule has 0 unspecified atom stereocenters. The van der Waals surface area contributed by atoms with Crippen LogP contribution >= 0.6 is 0 Å². The highest BCUT2D eigenvalue weighted by atomic mass is 16.7. The first-order valence-electron chi connectivity index (χ1n) is 9.45. The molecule has 144 valence electrons. The molecule has 1 aromatic rings. The molecule has 1 heterocycles. The number of ether oxygens (including phenoxy) is 3. The van der Waals surface area contributed by atoms with Crippen molar-refractivity contribution in [1.82, 2.24) is 0 Å². The molecule has 7 heteroatoms. The third kappa shape index (κ3) is 3.04. The van der Waals surface area contributed by atoms with Crippen LogP contribution in [0.3, 0.4) is 0 Å². The fourth-order valence-corrected chi connectivity index (χ4v) is 4.74. The number of esters is 1. The Labute approximate surface area is 157 Å². The summed E-state index contributed by atoms with van der Waals surface area (Å²) in [5.74, 6) is -1.15. The van der Waals surface area contributed by atoms with E-state index in [9.17, 15) is 14.9 Å². The Morgan fingerprint density at radius 1 is 1.11 bits per heavy atom. The topological polar surface area (TPSA) is 87.9 Å². The molecular formula is C20H23NO6. The predicted molar refractivity (Wildman–Crippen MR) is 96.2 cm³/mol. The van der Waals surface area contributed by atoms with Crippen molar-refractivity contribution < 1.29 is 23.9 Å². The maximum atomic E-state index is 12.7. The van der Waals surface area contributed by atoms with Crippen molar-refractivity contribution in [2.45, 2.75) is 50.4 Å². The first-order chi connectivity index (χ1) is 13.1. The number of nitro groups is 1. The molecule has 1 saturated carbocycles. The summed E-state index contributed by atoms with van der Waals surface area (Å²) in [7, 11) is 0. The zero-order valence-electron chi connectivity index (χ0n) is 15.1. The zero-order chi connectivity index (χ0) is 18.9. The molecule has 1 aliphatic heterocycles. The van der Waals surface area contributed by atoms with Crippen molar-refractivity contribution in [1.29, 1.82) is 0 Å². The monoisotopic (exact) mass is 373 g/mol. The van der Waals surface area contributed by atoms with Crippen LogP contribution in [0.15, 0.2) is 36.4 Å². The highest BCUT2D eigenvalue weighted by Crippen LogP contribution is 2.56. The third-order valence-corrected chi connectivity index (χ3v) is 6.07. The number of nitrogens with zero attached hydrogens (tertiary/aromatic N) is 1. The van der Waals surface area contributed by atoms with Gasteiger partial charge in [-0.05, 0) is 31.4 Å². The van der Waals surface area contributed by atoms with E-state index in [0.29, 0.717) is 25.2 Å². The van der Waals surface area contributed by atoms with Gasteiger partial charge in [-0.15, -0.1) is 0 Å². The SMILES string of the molecule is O=C(O[C@@H]1CC=CC[C@@]12CCCCC21OCCO1)c1ccc([N+](=O)[O-])cc1. The maximum Gasteiger partial charge on any atom is 0.338 e. The quantitative estimate of drug-likeness (QED) is 0.347. The summed E-state index contributed by atoms with van der Waals surface area (Å²) in [6, 6.07) is 5.51. The summed E-state index contributed by atoms with van der Waals surface area (Å²) >= 11 is 0. The Morgan fingerprint density at radius 2 is 1.81 bits per heavy atom. The van der Waals surface area contributed by atoms with Crippen molar-refractivity contribution in [3.8, 4) is 0 Å². The standard InChI is InChI=1S/C20H23NO6/c22-18(15-6-8-16(9-7-15)21(23)24)27-17-5-1-2-10-19(17)11-3-4-12-20(19)25-13-14-26-20/h1-2,6-9,17H,3-5,10-14H2/t17-,19-/m1/s1. The molecule has 0 bridgehead atoms. The highest BCUT2D eigenvalue weighted by Gasteiger charge is 2.61. The number of non-ortho nitro benzene ring substituents is 1. The molecule has 2 atom stereocenters. The summed E-state index contributed by atoms with van der Waals surface area (Å²) in [6.45, 7) is 1.13. The second-order valence-electron chi connectivity index (χ2n) is 7.42. The lowest BCUT2D eigenvalue weighted by atomic mass is 9.61. The van der Waals surface area contributed by atoms with E-state index in [1.807, 2.05) is 6.08 Å². The van der Waals surface area contributed by atoms with Gasteiger partial charge in [0.2, 0.25) is 0 Å². The van der Waals surface area contributed by atoms with Gasteiger partial charge in [0.15, 0.2) is 5.79 Å². The highest BCUT2D eigenvalue weighted by molar-refractivity contribution is 5.89.